The summed E-state index contributed by atoms with van der Waals surface area (Å²) in [5.41, 5.74) is 10.2. The summed E-state index contributed by atoms with van der Waals surface area (Å²) in [6.45, 7) is 0.246. The van der Waals surface area contributed by atoms with Crippen LogP contribution in [0.4, 0.5) is 11.5 Å². The lowest BCUT2D eigenvalue weighted by Crippen LogP contribution is -2.22. The Morgan fingerprint density at radius 2 is 1.64 bits per heavy atom. The van der Waals surface area contributed by atoms with Crippen molar-refractivity contribution in [1.29, 1.82) is 0 Å². The van der Waals surface area contributed by atoms with Gasteiger partial charge in [-0.1, -0.05) is 18.2 Å². The number of methoxy groups -OCH3 is 1. The highest BCUT2D eigenvalue weighted by Gasteiger charge is 2.21. The maximum absolute atomic E-state index is 13.8. The van der Waals surface area contributed by atoms with E-state index in [4.69, 9.17) is 15.2 Å². The minimum absolute atomic E-state index is 0.131. The van der Waals surface area contributed by atoms with Gasteiger partial charge in [-0.3, -0.25) is 9.36 Å². The van der Waals surface area contributed by atoms with Gasteiger partial charge in [0.25, 0.3) is 0 Å². The molecule has 11 heteroatoms. The van der Waals surface area contributed by atoms with Gasteiger partial charge < -0.3 is 20.0 Å². The molecule has 0 amide bonds. The number of nitrogens with two attached hydrogens (primary N) is 1. The van der Waals surface area contributed by atoms with Crippen LogP contribution in [0.5, 0.6) is 17.2 Å². The van der Waals surface area contributed by atoms with E-state index in [0.29, 0.717) is 39.8 Å². The van der Waals surface area contributed by atoms with Gasteiger partial charge in [-0.05, 0) is 42.5 Å². The lowest BCUT2D eigenvalue weighted by molar-refractivity contribution is -0.126. The van der Waals surface area contributed by atoms with Gasteiger partial charge in [0, 0.05) is 12.1 Å². The second-order valence-electron chi connectivity index (χ2n) is 7.53. The van der Waals surface area contributed by atoms with E-state index in [9.17, 15) is 9.59 Å². The smallest absolute Gasteiger partial charge is 0.339 e. The number of hydrogen-bond donors (Lipinski definition) is 2. The number of hydrogen-bond acceptors (Lipinski definition) is 9. The third-order valence-corrected chi connectivity index (χ3v) is 5.33. The summed E-state index contributed by atoms with van der Waals surface area (Å²) in [5.74, 6) is 1.84. The quantitative estimate of drug-likeness (QED) is 0.251. The molecule has 0 aliphatic carbocycles. The zero-order valence-electron chi connectivity index (χ0n) is 19.0. The molecule has 36 heavy (non-hydrogen) atoms. The minimum atomic E-state index is -0.440. The molecule has 3 aromatic carbocycles. The zero-order chi connectivity index (χ0) is 25.1. The molecule has 0 atom stereocenters. The number of ether oxygens (including phenoxy) is 2. The van der Waals surface area contributed by atoms with Crippen molar-refractivity contribution >= 4 is 29.1 Å². The van der Waals surface area contributed by atoms with Gasteiger partial charge in [0.1, 0.15) is 29.1 Å². The first-order valence-corrected chi connectivity index (χ1v) is 10.7. The Bertz CT molecular complexity index is 1600. The van der Waals surface area contributed by atoms with E-state index >= 15 is 0 Å². The van der Waals surface area contributed by atoms with Crippen LogP contribution in [0.15, 0.2) is 83.9 Å². The third-order valence-electron chi connectivity index (χ3n) is 5.33. The predicted molar refractivity (Wildman–Crippen MR) is 133 cm³/mol. The summed E-state index contributed by atoms with van der Waals surface area (Å²) in [5, 5.41) is 0. The highest BCUT2D eigenvalue weighted by Crippen LogP contribution is 2.28. The summed E-state index contributed by atoms with van der Waals surface area (Å²) in [6.07, 6.45) is 1.28. The van der Waals surface area contributed by atoms with Crippen LogP contribution in [-0.4, -0.2) is 32.7 Å². The fourth-order valence-electron chi connectivity index (χ4n) is 3.79. The van der Waals surface area contributed by atoms with Crippen molar-refractivity contribution in [3.63, 3.8) is 0 Å². The van der Waals surface area contributed by atoms with Crippen molar-refractivity contribution in [2.24, 2.45) is 0 Å². The lowest BCUT2D eigenvalue weighted by atomic mass is 10.2. The Hall–Kier alpha value is -5.32. The molecular formula is C25H20N6O5. The number of rotatable bonds is 8. The van der Waals surface area contributed by atoms with Gasteiger partial charge in [0.05, 0.1) is 24.2 Å². The highest BCUT2D eigenvalue weighted by molar-refractivity contribution is 5.85. The molecule has 0 saturated heterocycles. The lowest BCUT2D eigenvalue weighted by Gasteiger charge is -2.10. The summed E-state index contributed by atoms with van der Waals surface area (Å²) >= 11 is 0. The van der Waals surface area contributed by atoms with Gasteiger partial charge in [-0.2, -0.15) is 0 Å². The highest BCUT2D eigenvalue weighted by atomic mass is 16.7. The van der Waals surface area contributed by atoms with Crippen molar-refractivity contribution in [1.82, 2.24) is 19.1 Å². The maximum Gasteiger partial charge on any atom is 0.339 e. The first-order valence-electron chi connectivity index (χ1n) is 10.7. The second kappa shape index (κ2) is 9.50. The average molecular weight is 484 g/mol. The van der Waals surface area contributed by atoms with E-state index in [-0.39, 0.29) is 17.9 Å². The number of imidazole rings is 1. The van der Waals surface area contributed by atoms with Gasteiger partial charge in [0.2, 0.25) is 0 Å². The predicted octanol–water partition coefficient (Wildman–Crippen LogP) is 3.45. The van der Waals surface area contributed by atoms with Gasteiger partial charge in [0.15, 0.2) is 11.5 Å². The monoisotopic (exact) mass is 484 g/mol. The maximum atomic E-state index is 13.8. The van der Waals surface area contributed by atoms with Crippen LogP contribution in [-0.2, 0) is 9.63 Å². The van der Waals surface area contributed by atoms with Crippen LogP contribution in [0.3, 0.4) is 0 Å². The number of anilines is 2. The molecule has 5 aromatic rings. The Labute approximate surface area is 204 Å². The normalized spacial score (nSPS) is 10.7. The SMILES string of the molecule is COc1cc(NOC=O)cc(-n2c(=O)n(-c3ccc(Oc4ccccc4)cc3)c3c(N)ncnc32)c1. The first kappa shape index (κ1) is 22.5. The molecule has 0 aliphatic heterocycles. The fourth-order valence-corrected chi connectivity index (χ4v) is 3.79. The standard InChI is InChI=1S/C25H20N6O5/c1-34-21-12-16(29-35-15-32)11-18(13-21)31-24-22(23(26)27-14-28-24)30(25(31)33)17-7-9-20(10-8-17)36-19-5-3-2-4-6-19/h2-15,29H,1H3,(H2,26,27,28). The number of benzene rings is 3. The Morgan fingerprint density at radius 3 is 2.36 bits per heavy atom. The molecule has 0 aliphatic rings. The van der Waals surface area contributed by atoms with Gasteiger partial charge in [-0.15, -0.1) is 0 Å². The third kappa shape index (κ3) is 4.16. The number of nitrogens with one attached hydrogen (secondary N) is 1. The Kier molecular flexibility index (Phi) is 5.93. The minimum Gasteiger partial charge on any atom is -0.497 e. The van der Waals surface area contributed by atoms with Crippen molar-refractivity contribution < 1.29 is 19.1 Å². The molecule has 180 valence electrons. The summed E-state index contributed by atoms with van der Waals surface area (Å²) in [7, 11) is 1.48. The summed E-state index contributed by atoms with van der Waals surface area (Å²) < 4.78 is 14.0. The van der Waals surface area contributed by atoms with Crippen LogP contribution in [0.25, 0.3) is 22.5 Å². The summed E-state index contributed by atoms with van der Waals surface area (Å²) in [6, 6.07) is 21.2. The van der Waals surface area contributed by atoms with Crippen molar-refractivity contribution in [3.05, 3.63) is 89.6 Å². The van der Waals surface area contributed by atoms with Crippen molar-refractivity contribution in [3.8, 4) is 28.6 Å². The van der Waals surface area contributed by atoms with Crippen LogP contribution < -0.4 is 26.4 Å². The topological polar surface area (TPSA) is 136 Å². The average Bonchev–Trinajstić information content (AvgIpc) is 3.21. The van der Waals surface area contributed by atoms with E-state index in [1.54, 1.807) is 42.5 Å². The van der Waals surface area contributed by atoms with Gasteiger partial charge in [-0.25, -0.2) is 24.8 Å². The molecule has 11 nitrogen and oxygen atoms in total. The largest absolute Gasteiger partial charge is 0.497 e. The van der Waals surface area contributed by atoms with Crippen LogP contribution in [0.2, 0.25) is 0 Å². The number of fused-ring (bicyclic) bond motifs is 1. The number of aromatic nitrogens is 4. The molecule has 2 aromatic heterocycles. The number of carbonyl (C=O) groups is 1. The molecule has 0 bridgehead atoms. The van der Waals surface area contributed by atoms with Crippen molar-refractivity contribution in [2.75, 3.05) is 18.3 Å². The molecule has 0 spiro atoms. The van der Waals surface area contributed by atoms with E-state index in [1.807, 2.05) is 30.3 Å². The second-order valence-corrected chi connectivity index (χ2v) is 7.53. The van der Waals surface area contributed by atoms with E-state index in [1.165, 1.54) is 22.6 Å². The fraction of sp³-hybridized carbons (Fsp3) is 0.0400. The molecule has 3 N–H and O–H groups in total. The molecule has 0 unspecified atom stereocenters. The van der Waals surface area contributed by atoms with E-state index in [2.05, 4.69) is 20.3 Å². The molecule has 0 fully saturated rings. The van der Waals surface area contributed by atoms with Crippen molar-refractivity contribution in [2.45, 2.75) is 0 Å². The molecule has 5 rings (SSSR count). The van der Waals surface area contributed by atoms with Crippen LogP contribution >= 0.6 is 0 Å². The number of para-hydroxylation sites is 1. The first-order chi connectivity index (χ1) is 17.6. The molecule has 2 heterocycles. The molecule has 0 saturated carbocycles. The van der Waals surface area contributed by atoms with Crippen LogP contribution in [0, 0.1) is 0 Å². The zero-order valence-corrected chi connectivity index (χ0v) is 19.0. The van der Waals surface area contributed by atoms with Gasteiger partial charge >= 0.3 is 12.2 Å². The number of nitrogen functional groups attached to an aromatic ring is 1. The van der Waals surface area contributed by atoms with Crippen LogP contribution in [0.1, 0.15) is 0 Å². The molecule has 0 radical (unpaired) electrons. The summed E-state index contributed by atoms with van der Waals surface area (Å²) in [4.78, 5) is 37.4. The number of nitrogens with zero attached hydrogens (tertiary/aromatic N) is 4. The molecular weight excluding hydrogens is 464 g/mol. The van der Waals surface area contributed by atoms with E-state index in [0.717, 1.165) is 0 Å². The van der Waals surface area contributed by atoms with E-state index < -0.39 is 5.69 Å². The number of carbonyl (C=O) groups excluding carboxylic acids is 1. The Morgan fingerprint density at radius 1 is 0.889 bits per heavy atom. The Balaban J connectivity index is 1.64.